The van der Waals surface area contributed by atoms with Gasteiger partial charge in [0.25, 0.3) is 5.91 Å². The highest BCUT2D eigenvalue weighted by Gasteiger charge is 2.11. The number of hydrogen-bond donors (Lipinski definition) is 1. The minimum absolute atomic E-state index is 0.0269. The van der Waals surface area contributed by atoms with E-state index >= 15 is 0 Å². The first-order valence-corrected chi connectivity index (χ1v) is 8.88. The lowest BCUT2D eigenvalue weighted by Crippen LogP contribution is -2.28. The molecule has 1 fully saturated rings. The van der Waals surface area contributed by atoms with Crippen molar-refractivity contribution in [1.29, 1.82) is 0 Å². The Morgan fingerprint density at radius 3 is 2.68 bits per heavy atom. The second-order valence-electron chi connectivity index (χ2n) is 6.29. The van der Waals surface area contributed by atoms with Crippen LogP contribution in [0.2, 0.25) is 0 Å². The molecule has 1 aromatic heterocycles. The molecule has 5 nitrogen and oxygen atoms in total. The van der Waals surface area contributed by atoms with Gasteiger partial charge in [0.15, 0.2) is 0 Å². The number of pyridine rings is 1. The van der Waals surface area contributed by atoms with Gasteiger partial charge in [-0.15, -0.1) is 0 Å². The molecule has 0 aliphatic carbocycles. The molecular formula is C20H25N3O2. The van der Waals surface area contributed by atoms with Crippen molar-refractivity contribution in [3.8, 4) is 17.0 Å². The summed E-state index contributed by atoms with van der Waals surface area (Å²) in [5.74, 6) is 0.697. The Kier molecular flexibility index (Phi) is 6.01. The van der Waals surface area contributed by atoms with E-state index in [9.17, 15) is 4.79 Å². The lowest BCUT2D eigenvalue weighted by Gasteiger charge is -2.14. The molecule has 0 radical (unpaired) electrons. The number of rotatable bonds is 7. The average Bonchev–Trinajstić information content (AvgIpc) is 3.18. The molecule has 2 aromatic rings. The van der Waals surface area contributed by atoms with Gasteiger partial charge in [-0.25, -0.2) is 0 Å². The lowest BCUT2D eigenvalue weighted by molar-refractivity contribution is 0.0952. The van der Waals surface area contributed by atoms with Crippen molar-refractivity contribution in [3.05, 3.63) is 48.2 Å². The van der Waals surface area contributed by atoms with Crippen LogP contribution in [-0.4, -0.2) is 49.1 Å². The van der Waals surface area contributed by atoms with Crippen molar-refractivity contribution in [2.45, 2.75) is 19.3 Å². The summed E-state index contributed by atoms with van der Waals surface area (Å²) in [5.41, 5.74) is 2.38. The van der Waals surface area contributed by atoms with E-state index in [4.69, 9.17) is 4.74 Å². The van der Waals surface area contributed by atoms with Crippen LogP contribution in [0.4, 0.5) is 0 Å². The van der Waals surface area contributed by atoms with Crippen LogP contribution in [0, 0.1) is 0 Å². The Bertz CT molecular complexity index is 694. The molecule has 1 aliphatic rings. The Balaban J connectivity index is 1.53. The predicted octanol–water partition coefficient (Wildman–Crippen LogP) is 2.97. The van der Waals surface area contributed by atoms with Crippen molar-refractivity contribution in [3.63, 3.8) is 0 Å². The monoisotopic (exact) mass is 339 g/mol. The Morgan fingerprint density at radius 1 is 1.20 bits per heavy atom. The van der Waals surface area contributed by atoms with Gasteiger partial charge in [-0.2, -0.15) is 0 Å². The van der Waals surface area contributed by atoms with Gasteiger partial charge in [-0.05, 0) is 63.2 Å². The van der Waals surface area contributed by atoms with Gasteiger partial charge in [0.2, 0.25) is 0 Å². The number of amides is 1. The first kappa shape index (κ1) is 17.4. The van der Waals surface area contributed by atoms with Crippen molar-refractivity contribution in [2.75, 3.05) is 33.3 Å². The maximum Gasteiger partial charge on any atom is 0.251 e. The molecule has 5 heteroatoms. The number of ether oxygens (including phenoxy) is 1. The fraction of sp³-hybridized carbons (Fsp3) is 0.400. The first-order chi connectivity index (χ1) is 12.3. The molecule has 132 valence electrons. The molecule has 0 bridgehead atoms. The number of nitrogens with zero attached hydrogens (tertiary/aromatic N) is 2. The molecule has 0 unspecified atom stereocenters. The molecule has 0 saturated carbocycles. The number of methoxy groups -OCH3 is 1. The molecule has 3 rings (SSSR count). The summed E-state index contributed by atoms with van der Waals surface area (Å²) in [6.07, 6.45) is 5.34. The highest BCUT2D eigenvalue weighted by atomic mass is 16.5. The van der Waals surface area contributed by atoms with E-state index in [0.717, 1.165) is 30.0 Å². The molecular weight excluding hydrogens is 314 g/mol. The fourth-order valence-corrected chi connectivity index (χ4v) is 3.16. The van der Waals surface area contributed by atoms with Gasteiger partial charge >= 0.3 is 0 Å². The summed E-state index contributed by atoms with van der Waals surface area (Å²) < 4.78 is 5.34. The van der Waals surface area contributed by atoms with E-state index in [1.807, 2.05) is 36.4 Å². The van der Waals surface area contributed by atoms with E-state index in [2.05, 4.69) is 15.2 Å². The second kappa shape index (κ2) is 8.62. The largest absolute Gasteiger partial charge is 0.494 e. The number of carbonyl (C=O) groups excluding carboxylic acids is 1. The zero-order valence-corrected chi connectivity index (χ0v) is 14.7. The number of benzene rings is 1. The van der Waals surface area contributed by atoms with Gasteiger partial charge in [0.05, 0.1) is 7.11 Å². The maximum atomic E-state index is 12.2. The van der Waals surface area contributed by atoms with Crippen molar-refractivity contribution in [1.82, 2.24) is 15.2 Å². The van der Waals surface area contributed by atoms with Crippen LogP contribution in [0.25, 0.3) is 11.3 Å². The van der Waals surface area contributed by atoms with Crippen LogP contribution in [0.3, 0.4) is 0 Å². The van der Waals surface area contributed by atoms with Crippen LogP contribution in [-0.2, 0) is 0 Å². The normalized spacial score (nSPS) is 14.4. The summed E-state index contributed by atoms with van der Waals surface area (Å²) in [5, 5.41) is 3.00. The van der Waals surface area contributed by atoms with Gasteiger partial charge in [-0.3, -0.25) is 9.78 Å². The van der Waals surface area contributed by atoms with Crippen LogP contribution < -0.4 is 10.1 Å². The summed E-state index contributed by atoms with van der Waals surface area (Å²) in [4.78, 5) is 19.1. The van der Waals surface area contributed by atoms with Gasteiger partial charge in [0, 0.05) is 23.9 Å². The van der Waals surface area contributed by atoms with Crippen LogP contribution in [0.5, 0.6) is 5.75 Å². The number of likely N-dealkylation sites (tertiary alicyclic amines) is 1. The summed E-state index contributed by atoms with van der Waals surface area (Å²) in [7, 11) is 1.63. The second-order valence-corrected chi connectivity index (χ2v) is 6.29. The maximum absolute atomic E-state index is 12.2. The van der Waals surface area contributed by atoms with Gasteiger partial charge in [-0.1, -0.05) is 12.1 Å². The molecule has 0 spiro atoms. The Morgan fingerprint density at radius 2 is 1.96 bits per heavy atom. The summed E-state index contributed by atoms with van der Waals surface area (Å²) in [6, 6.07) is 11.2. The lowest BCUT2D eigenvalue weighted by atomic mass is 10.1. The van der Waals surface area contributed by atoms with Crippen LogP contribution in [0.15, 0.2) is 42.6 Å². The van der Waals surface area contributed by atoms with E-state index in [-0.39, 0.29) is 5.91 Å². The molecule has 25 heavy (non-hydrogen) atoms. The van der Waals surface area contributed by atoms with E-state index in [1.165, 1.54) is 25.9 Å². The topological polar surface area (TPSA) is 54.5 Å². The third-order valence-electron chi connectivity index (χ3n) is 4.55. The fourth-order valence-electron chi connectivity index (χ4n) is 3.16. The molecule has 2 heterocycles. The molecule has 1 aromatic carbocycles. The minimum atomic E-state index is -0.0269. The number of carbonyl (C=O) groups is 1. The molecule has 0 atom stereocenters. The molecule has 1 saturated heterocycles. The Labute approximate surface area is 149 Å². The zero-order chi connectivity index (χ0) is 17.5. The number of nitrogens with one attached hydrogen (secondary N) is 1. The third kappa shape index (κ3) is 4.57. The quantitative estimate of drug-likeness (QED) is 0.788. The average molecular weight is 339 g/mol. The summed E-state index contributed by atoms with van der Waals surface area (Å²) >= 11 is 0. The van der Waals surface area contributed by atoms with Crippen molar-refractivity contribution >= 4 is 5.91 Å². The first-order valence-electron chi connectivity index (χ1n) is 8.88. The van der Waals surface area contributed by atoms with E-state index in [0.29, 0.717) is 12.1 Å². The molecule has 1 aliphatic heterocycles. The van der Waals surface area contributed by atoms with Gasteiger partial charge < -0.3 is 15.0 Å². The standard InChI is InChI=1S/C20H25N3O2/c1-25-18-6-4-11-21-19(18)16-7-9-17(10-8-16)20(24)22-12-5-15-23-13-2-3-14-23/h4,6-11H,2-3,5,12-15H2,1H3,(H,22,24). The van der Waals surface area contributed by atoms with Gasteiger partial charge in [0.1, 0.15) is 11.4 Å². The minimum Gasteiger partial charge on any atom is -0.494 e. The molecule has 1 N–H and O–H groups in total. The molecule has 1 amide bonds. The highest BCUT2D eigenvalue weighted by Crippen LogP contribution is 2.27. The van der Waals surface area contributed by atoms with Crippen molar-refractivity contribution < 1.29 is 9.53 Å². The smallest absolute Gasteiger partial charge is 0.251 e. The highest BCUT2D eigenvalue weighted by molar-refractivity contribution is 5.94. The Hall–Kier alpha value is -2.40. The number of aromatic nitrogens is 1. The number of hydrogen-bond acceptors (Lipinski definition) is 4. The zero-order valence-electron chi connectivity index (χ0n) is 14.7. The summed E-state index contributed by atoms with van der Waals surface area (Å²) in [6.45, 7) is 4.18. The van der Waals surface area contributed by atoms with Crippen LogP contribution in [0.1, 0.15) is 29.6 Å². The predicted molar refractivity (Wildman–Crippen MR) is 98.8 cm³/mol. The van der Waals surface area contributed by atoms with E-state index < -0.39 is 0 Å². The SMILES string of the molecule is COc1cccnc1-c1ccc(C(=O)NCCCN2CCCC2)cc1. The third-order valence-corrected chi connectivity index (χ3v) is 4.55. The van der Waals surface area contributed by atoms with Crippen molar-refractivity contribution in [2.24, 2.45) is 0 Å². The van der Waals surface area contributed by atoms with E-state index in [1.54, 1.807) is 13.3 Å². The van der Waals surface area contributed by atoms with Crippen LogP contribution >= 0.6 is 0 Å².